The van der Waals surface area contributed by atoms with E-state index in [1.165, 1.54) is 152 Å². The summed E-state index contributed by atoms with van der Waals surface area (Å²) in [5.74, 6) is 3.67. The Morgan fingerprint density at radius 1 is 0.202 bits per heavy atom. The number of rotatable bonds is 24. The van der Waals surface area contributed by atoms with Gasteiger partial charge in [-0.05, 0) is 75.2 Å². The lowest BCUT2D eigenvalue weighted by Gasteiger charge is -2.12. The van der Waals surface area contributed by atoms with Crippen molar-refractivity contribution in [3.05, 3.63) is 0 Å². The van der Waals surface area contributed by atoms with Gasteiger partial charge in [-0.25, -0.2) is 21.0 Å². The highest BCUT2D eigenvalue weighted by molar-refractivity contribution is 7.75. The molecule has 24 heteroatoms. The van der Waals surface area contributed by atoms with E-state index in [9.17, 15) is 0 Å². The molecule has 0 aromatic heterocycles. The molecule has 504 valence electrons. The minimum absolute atomic E-state index is 0.432. The first kappa shape index (κ1) is 113. The lowest BCUT2D eigenvalue weighted by Crippen LogP contribution is -2.43. The second-order valence-corrected chi connectivity index (χ2v) is 69.0. The van der Waals surface area contributed by atoms with Crippen LogP contribution >= 0.6 is 58.1 Å². The first-order valence-corrected chi connectivity index (χ1v) is 57.4. The van der Waals surface area contributed by atoms with Gasteiger partial charge in [0, 0.05) is 247 Å². The molecule has 0 aromatic carbocycles. The van der Waals surface area contributed by atoms with Crippen LogP contribution in [0.2, 0.25) is 0 Å². The maximum absolute atomic E-state index is 8.98. The smallest absolute Gasteiger partial charge is 0.0586 e. The first-order chi connectivity index (χ1) is 37.6. The fourth-order valence-electron chi connectivity index (χ4n) is 5.06. The molecule has 0 heterocycles. The second-order valence-electron chi connectivity index (χ2n) is 28.8. The van der Waals surface area contributed by atoms with E-state index in [0.717, 1.165) is 23.9 Å². The summed E-state index contributed by atoms with van der Waals surface area (Å²) in [5, 5.41) is 101. The Hall–Kier alpha value is 1.34. The SMILES string of the molecule is CCCC[P+](C)(C)C.CCCC[P+](C)(C)C.CCCC[P+](C)(C)C.CCCC[P+](C)(C)C.CCCC[P+](C)(C)C.CCCC[P+](C)(C)C.CCCC[P+](C)(C)C.CCCC[P+](C)(C)C.N#CB([O-])[O-].N#CB([O-])[O-].N#CB([O-])[O-].N#CB([O-])[O-]. The maximum atomic E-state index is 8.98. The van der Waals surface area contributed by atoms with Crippen LogP contribution in [-0.2, 0) is 0 Å². The van der Waals surface area contributed by atoms with Crippen LogP contribution in [0.25, 0.3) is 0 Å². The molecule has 0 aromatic rings. The Morgan fingerprint density at radius 3 is 0.274 bits per heavy atom. The summed E-state index contributed by atoms with van der Waals surface area (Å²) in [6.07, 6.45) is 34.1. The van der Waals surface area contributed by atoms with E-state index in [1.807, 2.05) is 0 Å². The number of hydrogen-bond acceptors (Lipinski definition) is 12. The maximum Gasteiger partial charge on any atom is 0.0586 e. The van der Waals surface area contributed by atoms with Crippen LogP contribution in [0.4, 0.5) is 0 Å². The molecule has 84 heavy (non-hydrogen) atoms. The molecular weight excluding hydrogens is 1200 g/mol. The Kier molecular flexibility index (Phi) is 98.6. The van der Waals surface area contributed by atoms with Crippen molar-refractivity contribution in [3.8, 4) is 23.9 Å². The fourth-order valence-corrected chi connectivity index (χ4v) is 15.2. The van der Waals surface area contributed by atoms with E-state index in [2.05, 4.69) is 215 Å². The molecule has 0 radical (unpaired) electrons. The Labute approximate surface area is 536 Å². The van der Waals surface area contributed by atoms with Crippen molar-refractivity contribution in [2.45, 2.75) is 158 Å². The van der Waals surface area contributed by atoms with E-state index in [4.69, 9.17) is 61.2 Å². The largest absolute Gasteiger partial charge is 0.881 e. The molecule has 0 aliphatic rings. The van der Waals surface area contributed by atoms with Gasteiger partial charge in [-0.3, -0.25) is 0 Å². The summed E-state index contributed by atoms with van der Waals surface area (Å²) in [7, 11) is -12.7. The topological polar surface area (TPSA) is 280 Å². The van der Waals surface area contributed by atoms with Crippen molar-refractivity contribution in [2.75, 3.05) is 209 Å². The third-order valence-corrected chi connectivity index (χ3v) is 23.1. The molecule has 0 unspecified atom stereocenters. The zero-order valence-corrected chi connectivity index (χ0v) is 69.1. The normalized spacial score (nSPS) is 10.5. The van der Waals surface area contributed by atoms with Crippen LogP contribution in [0.3, 0.4) is 0 Å². The van der Waals surface area contributed by atoms with Gasteiger partial charge in [-0.15, -0.1) is 0 Å². The zero-order chi connectivity index (χ0) is 70.1. The molecular formula is C60H144B4N4O8P8. The molecule has 0 N–H and O–H groups in total. The van der Waals surface area contributed by atoms with Gasteiger partial charge in [0.2, 0.25) is 0 Å². The van der Waals surface area contributed by atoms with Gasteiger partial charge in [0.1, 0.15) is 0 Å². The molecule has 0 bridgehead atoms. The fraction of sp³-hybridized carbons (Fsp3) is 0.933. The van der Waals surface area contributed by atoms with Gasteiger partial charge >= 0.3 is 0 Å². The van der Waals surface area contributed by atoms with Gasteiger partial charge in [0.25, 0.3) is 0 Å². The molecule has 0 saturated heterocycles. The molecule has 0 atom stereocenters. The number of unbranched alkanes of at least 4 members (excludes halogenated alkanes) is 8. The molecule has 0 aliphatic heterocycles. The molecule has 0 aliphatic carbocycles. The lowest BCUT2D eigenvalue weighted by molar-refractivity contribution is -0.342. The van der Waals surface area contributed by atoms with Crippen LogP contribution in [0.5, 0.6) is 0 Å². The van der Waals surface area contributed by atoms with Crippen molar-refractivity contribution in [1.29, 1.82) is 21.0 Å². The second kappa shape index (κ2) is 73.4. The van der Waals surface area contributed by atoms with Gasteiger partial charge < -0.3 is 40.2 Å². The summed E-state index contributed by atoms with van der Waals surface area (Å²) in [5.41, 5.74) is 0. The summed E-state index contributed by atoms with van der Waals surface area (Å²) < 4.78 is 0. The van der Waals surface area contributed by atoms with Crippen molar-refractivity contribution in [3.63, 3.8) is 0 Å². The quantitative estimate of drug-likeness (QED) is 0.0644. The molecule has 0 rings (SSSR count). The summed E-state index contributed by atoms with van der Waals surface area (Å²) in [6.45, 7) is 75.8. The van der Waals surface area contributed by atoms with E-state index in [1.54, 1.807) is 0 Å². The van der Waals surface area contributed by atoms with Crippen molar-refractivity contribution in [2.24, 2.45) is 0 Å². The zero-order valence-electron chi connectivity index (χ0n) is 61.9. The third-order valence-electron chi connectivity index (χ3n) is 9.88. The van der Waals surface area contributed by atoms with Gasteiger partial charge in [-0.2, -0.15) is 0 Å². The Balaban J connectivity index is -0.0000000676. The molecule has 0 spiro atoms. The summed E-state index contributed by atoms with van der Waals surface area (Å²) >= 11 is 0. The van der Waals surface area contributed by atoms with Crippen molar-refractivity contribution in [1.82, 2.24) is 0 Å². The standard InChI is InChI=1S/8C7H18P.4CBNO2/c8*1-5-6-7-8(2,3)4;4*3-1-2(4)5/h8*5-7H2,1-4H3;;;;/q8*+1;4*-2. The average Bonchev–Trinajstić information content (AvgIpc) is 3.33. The van der Waals surface area contributed by atoms with Crippen molar-refractivity contribution >= 4 is 86.6 Å². The molecule has 0 saturated carbocycles. The Morgan fingerprint density at radius 2 is 0.262 bits per heavy atom. The van der Waals surface area contributed by atoms with Crippen LogP contribution in [0.1, 0.15) is 158 Å². The lowest BCUT2D eigenvalue weighted by atomic mass is 9.97. The van der Waals surface area contributed by atoms with E-state index >= 15 is 0 Å². The minimum atomic E-state index is -2.31. The molecule has 0 fully saturated rings. The number of nitriles is 4. The number of nitrogens with zero attached hydrogens (tertiary/aromatic N) is 4. The predicted molar refractivity (Wildman–Crippen MR) is 401 cm³/mol. The van der Waals surface area contributed by atoms with Gasteiger partial charge in [0.05, 0.1) is 49.3 Å². The predicted octanol–water partition coefficient (Wildman–Crippen LogP) is 10.6. The van der Waals surface area contributed by atoms with Crippen LogP contribution in [0, 0.1) is 44.9 Å². The molecule has 12 nitrogen and oxygen atoms in total. The summed E-state index contributed by atoms with van der Waals surface area (Å²) in [4.78, 5) is 0. The highest BCUT2D eigenvalue weighted by atomic mass is 31.2. The van der Waals surface area contributed by atoms with Crippen LogP contribution in [0.15, 0.2) is 0 Å². The number of hydrogen-bond donors (Lipinski definition) is 0. The monoisotopic (exact) mass is 1340 g/mol. The minimum Gasteiger partial charge on any atom is -0.881 e. The summed E-state index contributed by atoms with van der Waals surface area (Å²) in [6, 6.07) is 0. The van der Waals surface area contributed by atoms with Gasteiger partial charge in [-0.1, -0.05) is 107 Å². The van der Waals surface area contributed by atoms with E-state index in [0.29, 0.717) is 0 Å². The van der Waals surface area contributed by atoms with E-state index in [-0.39, 0.29) is 0 Å². The van der Waals surface area contributed by atoms with Gasteiger partial charge in [0.15, 0.2) is 0 Å². The van der Waals surface area contributed by atoms with Crippen LogP contribution < -0.4 is 40.2 Å². The highest BCUT2D eigenvalue weighted by Gasteiger charge is 2.19. The third kappa shape index (κ3) is 232. The molecule has 0 amide bonds. The van der Waals surface area contributed by atoms with E-state index < -0.39 is 86.6 Å². The van der Waals surface area contributed by atoms with Crippen LogP contribution in [-0.4, -0.2) is 238 Å². The first-order valence-electron chi connectivity index (χ1n) is 30.9. The Bertz CT molecular complexity index is 1170. The average molecular weight is 1340 g/mol. The van der Waals surface area contributed by atoms with Crippen molar-refractivity contribution < 1.29 is 40.2 Å². The highest BCUT2D eigenvalue weighted by Crippen LogP contribution is 2.50.